The molecule has 0 aliphatic heterocycles. The summed E-state index contributed by atoms with van der Waals surface area (Å²) < 4.78 is 14.2. The number of benzene rings is 2. The summed E-state index contributed by atoms with van der Waals surface area (Å²) in [4.78, 5) is 27.1. The highest BCUT2D eigenvalue weighted by Gasteiger charge is 2.12. The molecule has 0 unspecified atom stereocenters. The summed E-state index contributed by atoms with van der Waals surface area (Å²) in [7, 11) is 0. The van der Waals surface area contributed by atoms with Gasteiger partial charge in [-0.05, 0) is 43.2 Å². The van der Waals surface area contributed by atoms with Crippen LogP contribution in [0.15, 0.2) is 58.3 Å². The third kappa shape index (κ3) is 4.17. The largest absolute Gasteiger partial charge is 0.295 e. The Kier molecular flexibility index (Phi) is 5.25. The van der Waals surface area contributed by atoms with Crippen LogP contribution < -0.4 is 5.56 Å². The highest BCUT2D eigenvalue weighted by atomic mass is 19.1. The molecule has 0 bridgehead atoms. The van der Waals surface area contributed by atoms with Crippen molar-refractivity contribution in [3.8, 4) is 5.69 Å². The lowest BCUT2D eigenvalue weighted by molar-refractivity contribution is -0.384. The summed E-state index contributed by atoms with van der Waals surface area (Å²) >= 11 is 0. The van der Waals surface area contributed by atoms with Crippen LogP contribution in [0.3, 0.4) is 0 Å². The Labute approximate surface area is 153 Å². The molecule has 8 heteroatoms. The first kappa shape index (κ1) is 18.2. The number of nitro benzene ring substituents is 1. The molecule has 3 aromatic rings. The maximum absolute atomic E-state index is 12.9. The number of aromatic amines is 1. The number of nitrogens with zero attached hydrogens (tertiary/aromatic N) is 3. The van der Waals surface area contributed by atoms with E-state index in [2.05, 4.69) is 10.1 Å². The minimum absolute atomic E-state index is 0.0438. The number of non-ortho nitro benzene ring substituents is 1. The van der Waals surface area contributed by atoms with Crippen molar-refractivity contribution >= 4 is 11.9 Å². The van der Waals surface area contributed by atoms with Gasteiger partial charge in [-0.1, -0.05) is 12.1 Å². The van der Waals surface area contributed by atoms with Gasteiger partial charge in [-0.2, -0.15) is 0 Å². The quantitative estimate of drug-likeness (QED) is 0.411. The normalized spacial score (nSPS) is 11.2. The Balaban J connectivity index is 1.74. The van der Waals surface area contributed by atoms with Crippen LogP contribution in [0.4, 0.5) is 10.1 Å². The molecule has 0 saturated carbocycles. The first-order valence-corrected chi connectivity index (χ1v) is 8.26. The van der Waals surface area contributed by atoms with E-state index < -0.39 is 4.92 Å². The number of rotatable bonds is 6. The van der Waals surface area contributed by atoms with Crippen LogP contribution in [0, 0.1) is 22.9 Å². The van der Waals surface area contributed by atoms with Crippen molar-refractivity contribution in [2.75, 3.05) is 6.54 Å². The molecule has 3 rings (SSSR count). The third-order valence-corrected chi connectivity index (χ3v) is 4.10. The van der Waals surface area contributed by atoms with E-state index in [1.54, 1.807) is 19.1 Å². The number of aliphatic imine (C=N–C) groups is 1. The zero-order chi connectivity index (χ0) is 19.4. The molecule has 0 amide bonds. The zero-order valence-corrected chi connectivity index (χ0v) is 14.6. The summed E-state index contributed by atoms with van der Waals surface area (Å²) in [6.07, 6.45) is 2.15. The highest BCUT2D eigenvalue weighted by Crippen LogP contribution is 2.14. The van der Waals surface area contributed by atoms with Crippen molar-refractivity contribution in [2.45, 2.75) is 13.3 Å². The van der Waals surface area contributed by atoms with Gasteiger partial charge in [-0.15, -0.1) is 0 Å². The van der Waals surface area contributed by atoms with Crippen molar-refractivity contribution in [3.05, 3.63) is 91.6 Å². The number of nitro groups is 1. The lowest BCUT2D eigenvalue weighted by Crippen LogP contribution is -2.17. The topological polar surface area (TPSA) is 93.3 Å². The Hall–Kier alpha value is -3.55. The van der Waals surface area contributed by atoms with Gasteiger partial charge in [0, 0.05) is 30.6 Å². The first-order chi connectivity index (χ1) is 13.0. The lowest BCUT2D eigenvalue weighted by atomic mass is 10.1. The van der Waals surface area contributed by atoms with Crippen molar-refractivity contribution in [1.82, 2.24) is 9.78 Å². The van der Waals surface area contributed by atoms with Gasteiger partial charge >= 0.3 is 0 Å². The number of H-pyrrole nitrogens is 1. The van der Waals surface area contributed by atoms with E-state index in [4.69, 9.17) is 0 Å². The number of aromatic nitrogens is 2. The molecule has 138 valence electrons. The lowest BCUT2D eigenvalue weighted by Gasteiger charge is -2.00. The summed E-state index contributed by atoms with van der Waals surface area (Å²) in [5.41, 5.74) is 2.20. The second-order valence-corrected chi connectivity index (χ2v) is 5.98. The van der Waals surface area contributed by atoms with Gasteiger partial charge in [0.25, 0.3) is 11.2 Å². The number of hydrogen-bond acceptors (Lipinski definition) is 4. The predicted octanol–water partition coefficient (Wildman–Crippen LogP) is 3.18. The molecule has 1 N–H and O–H groups in total. The molecule has 0 atom stereocenters. The van der Waals surface area contributed by atoms with Crippen LogP contribution in [0.5, 0.6) is 0 Å². The van der Waals surface area contributed by atoms with E-state index in [0.29, 0.717) is 29.9 Å². The smallest absolute Gasteiger partial charge is 0.280 e. The highest BCUT2D eigenvalue weighted by molar-refractivity contribution is 5.80. The van der Waals surface area contributed by atoms with Gasteiger partial charge in [0.1, 0.15) is 5.82 Å². The molecule has 0 aliphatic rings. The van der Waals surface area contributed by atoms with Crippen LogP contribution >= 0.6 is 0 Å². The predicted molar refractivity (Wildman–Crippen MR) is 100 cm³/mol. The molecular formula is C19H17FN4O3. The molecule has 27 heavy (non-hydrogen) atoms. The molecule has 1 heterocycles. The van der Waals surface area contributed by atoms with Crippen molar-refractivity contribution in [2.24, 2.45) is 4.99 Å². The van der Waals surface area contributed by atoms with Crippen molar-refractivity contribution in [3.63, 3.8) is 0 Å². The number of halogens is 1. The average molecular weight is 368 g/mol. The maximum atomic E-state index is 12.9. The second-order valence-electron chi connectivity index (χ2n) is 5.98. The van der Waals surface area contributed by atoms with Gasteiger partial charge in [0.05, 0.1) is 16.2 Å². The molecule has 7 nitrogen and oxygen atoms in total. The molecule has 0 saturated heterocycles. The molecule has 0 radical (unpaired) electrons. The van der Waals surface area contributed by atoms with Gasteiger partial charge < -0.3 is 0 Å². The number of aryl methyl sites for hydroxylation is 1. The summed E-state index contributed by atoms with van der Waals surface area (Å²) in [5, 5.41) is 13.7. The fraction of sp³-hybridized carbons (Fsp3) is 0.158. The molecule has 0 spiro atoms. The van der Waals surface area contributed by atoms with Gasteiger partial charge in [0.15, 0.2) is 0 Å². The van der Waals surface area contributed by atoms with Crippen molar-refractivity contribution < 1.29 is 9.31 Å². The molecule has 0 fully saturated rings. The van der Waals surface area contributed by atoms with E-state index in [1.165, 1.54) is 47.3 Å². The molecular weight excluding hydrogens is 351 g/mol. The second kappa shape index (κ2) is 7.77. The van der Waals surface area contributed by atoms with E-state index >= 15 is 0 Å². The Morgan fingerprint density at radius 1 is 1.19 bits per heavy atom. The number of hydrogen-bond donors (Lipinski definition) is 1. The minimum atomic E-state index is -0.494. The van der Waals surface area contributed by atoms with Crippen LogP contribution in [-0.4, -0.2) is 27.5 Å². The summed E-state index contributed by atoms with van der Waals surface area (Å²) in [6, 6.07) is 11.9. The van der Waals surface area contributed by atoms with Crippen LogP contribution in [0.25, 0.3) is 5.69 Å². The molecule has 0 aliphatic carbocycles. The van der Waals surface area contributed by atoms with Gasteiger partial charge in [-0.3, -0.25) is 25.0 Å². The monoisotopic (exact) mass is 368 g/mol. The van der Waals surface area contributed by atoms with Crippen molar-refractivity contribution in [1.29, 1.82) is 0 Å². The Morgan fingerprint density at radius 2 is 1.85 bits per heavy atom. The van der Waals surface area contributed by atoms with Crippen LogP contribution in [0.1, 0.15) is 16.8 Å². The van der Waals surface area contributed by atoms with Crippen LogP contribution in [0.2, 0.25) is 0 Å². The standard InChI is InChI=1S/C19H17FN4O3/c1-13-18(12-21-11-10-14-2-4-15(20)5-3-14)19(25)23(22-13)16-6-8-17(9-7-16)24(26)27/h2-9,12,22H,10-11H2,1H3. The van der Waals surface area contributed by atoms with Gasteiger partial charge in [-0.25, -0.2) is 9.07 Å². The third-order valence-electron chi connectivity index (χ3n) is 4.10. The van der Waals surface area contributed by atoms with Gasteiger partial charge in [0.2, 0.25) is 0 Å². The average Bonchev–Trinajstić information content (AvgIpc) is 2.94. The summed E-state index contributed by atoms with van der Waals surface area (Å²) in [5.74, 6) is -0.281. The van der Waals surface area contributed by atoms with E-state index in [0.717, 1.165) is 5.56 Å². The van der Waals surface area contributed by atoms with E-state index in [9.17, 15) is 19.3 Å². The zero-order valence-electron chi connectivity index (χ0n) is 14.6. The van der Waals surface area contributed by atoms with E-state index in [-0.39, 0.29) is 17.1 Å². The molecule has 1 aromatic heterocycles. The number of nitrogens with one attached hydrogen (secondary N) is 1. The Morgan fingerprint density at radius 3 is 2.48 bits per heavy atom. The fourth-order valence-electron chi connectivity index (χ4n) is 2.62. The maximum Gasteiger partial charge on any atom is 0.280 e. The van der Waals surface area contributed by atoms with E-state index in [1.807, 2.05) is 0 Å². The summed E-state index contributed by atoms with van der Waals surface area (Å²) in [6.45, 7) is 2.22. The SMILES string of the molecule is Cc1[nH]n(-c2ccc([N+](=O)[O-])cc2)c(=O)c1C=NCCc1ccc(F)cc1. The first-order valence-electron chi connectivity index (χ1n) is 8.26. The fourth-order valence-corrected chi connectivity index (χ4v) is 2.62. The molecule has 2 aromatic carbocycles. The minimum Gasteiger partial charge on any atom is -0.295 e. The Bertz CT molecular complexity index is 1030. The van der Waals surface area contributed by atoms with Crippen LogP contribution in [-0.2, 0) is 6.42 Å².